The van der Waals surface area contributed by atoms with E-state index in [1.54, 1.807) is 12.1 Å². The number of anilines is 3. The summed E-state index contributed by atoms with van der Waals surface area (Å²) in [4.78, 5) is 35.4. The molecule has 538 valence electrons. The Morgan fingerprint density at radius 3 is 1.18 bits per heavy atom. The average Bonchev–Trinajstić information content (AvgIpc) is 0.819. The second-order valence-corrected chi connectivity index (χ2v) is 33.4. The van der Waals surface area contributed by atoms with Gasteiger partial charge in [0.25, 0.3) is 20.0 Å². The van der Waals surface area contributed by atoms with Crippen LogP contribution < -0.4 is 36.4 Å². The van der Waals surface area contributed by atoms with Crippen molar-refractivity contribution in [3.8, 4) is 0 Å². The monoisotopic (exact) mass is 1520 g/mol. The molecule has 0 bridgehead atoms. The highest BCUT2D eigenvalue weighted by Crippen LogP contribution is 2.37. The summed E-state index contributed by atoms with van der Waals surface area (Å²) in [5, 5.41) is 12.2. The molecule has 0 spiro atoms. The Morgan fingerprint density at radius 1 is 0.450 bits per heavy atom. The molecule has 0 radical (unpaired) electrons. The highest BCUT2D eigenvalue weighted by atomic mass is 127. The number of rotatable bonds is 16. The number of aryl methyl sites for hydroxylation is 4. The maximum atomic E-state index is 13.4. The van der Waals surface area contributed by atoms with Gasteiger partial charge >= 0.3 is 18.3 Å². The van der Waals surface area contributed by atoms with Crippen molar-refractivity contribution >= 4 is 78.0 Å². The lowest BCUT2D eigenvalue weighted by molar-refractivity contribution is 0.0512. The molecular weight excluding hydrogens is 1420 g/mol. The molecule has 100 heavy (non-hydrogen) atoms. The summed E-state index contributed by atoms with van der Waals surface area (Å²) in [5.41, 5.74) is 17.7. The van der Waals surface area contributed by atoms with Crippen LogP contribution in [0.15, 0.2) is 161 Å². The van der Waals surface area contributed by atoms with E-state index in [1.807, 2.05) is 92.6 Å². The summed E-state index contributed by atoms with van der Waals surface area (Å²) in [7, 11) is -7.67. The highest BCUT2D eigenvalue weighted by Gasteiger charge is 2.28. The standard InChI is InChI=1S/C23H30N2O2.C22H27FN2O4S.C17H19FN2O2S.C16H22INO2/c1-23(2,3)27-22(26)25-16-19-11-7-10-18-14-20(12-13-21(18)19)24-15-17-8-5-4-6-9-17;1-22(2,3)29-21(26)24-14-16-7-4-6-15-12-18(10-11-20(15)16)25-30(27,28)19-9-5-8-17(23)13-19;18-14-5-2-6-16(10-14)23(21,22)20-15-7-8-17-12(9-15)3-1-4-13(17)11-19;1-16(2,3)20-15(19)18-10-12-6-4-5-11-9-13(17)7-8-14(11)12/h4-6,8-9,12-14,19,24H,7,10-11,15-16H2,1-3H3,(H,25,26);5,8-13,16,25H,4,6-7,14H2,1-3H3,(H,24,26);2,5-10,13,20H,1,3-4,11,19H2;7-9,12H,4-6,10H2,1-3H3,(H,18,19)/t19-;16-;13-;12-/m0000/s1. The van der Waals surface area contributed by atoms with Gasteiger partial charge in [-0.2, -0.15) is 0 Å². The highest BCUT2D eigenvalue weighted by molar-refractivity contribution is 14.1. The van der Waals surface area contributed by atoms with E-state index >= 15 is 0 Å². The van der Waals surface area contributed by atoms with Crippen LogP contribution in [0.4, 0.5) is 40.2 Å². The number of carbonyl (C=O) groups excluding carboxylic acids is 3. The van der Waals surface area contributed by atoms with Gasteiger partial charge in [0.05, 0.1) is 9.79 Å². The maximum absolute atomic E-state index is 13.4. The first-order valence-corrected chi connectivity index (χ1v) is 38.4. The summed E-state index contributed by atoms with van der Waals surface area (Å²) >= 11 is 2.35. The molecular formula is C78H98F2IN7O10S2. The molecule has 7 aromatic carbocycles. The number of carbonyl (C=O) groups is 3. The van der Waals surface area contributed by atoms with Crippen LogP contribution in [0.2, 0.25) is 0 Å². The minimum Gasteiger partial charge on any atom is -0.444 e. The van der Waals surface area contributed by atoms with Gasteiger partial charge in [-0.15, -0.1) is 0 Å². The summed E-state index contributed by atoms with van der Waals surface area (Å²) in [6.07, 6.45) is 11.4. The third-order valence-electron chi connectivity index (χ3n) is 17.3. The predicted molar refractivity (Wildman–Crippen MR) is 401 cm³/mol. The van der Waals surface area contributed by atoms with E-state index in [0.717, 1.165) is 112 Å². The molecule has 11 rings (SSSR count). The Labute approximate surface area is 603 Å². The zero-order valence-corrected chi connectivity index (χ0v) is 62.7. The normalized spacial score (nSPS) is 17.1. The van der Waals surface area contributed by atoms with Gasteiger partial charge in [0.1, 0.15) is 28.4 Å². The van der Waals surface area contributed by atoms with E-state index in [-0.39, 0.29) is 27.9 Å². The molecule has 17 nitrogen and oxygen atoms in total. The van der Waals surface area contributed by atoms with Crippen molar-refractivity contribution in [1.82, 2.24) is 16.0 Å². The molecule has 0 aromatic heterocycles. The topological polar surface area (TPSA) is 245 Å². The number of fused-ring (bicyclic) bond motifs is 4. The zero-order valence-electron chi connectivity index (χ0n) is 58.9. The Morgan fingerprint density at radius 2 is 0.800 bits per heavy atom. The molecule has 8 N–H and O–H groups in total. The number of halogens is 3. The molecule has 3 amide bonds. The maximum Gasteiger partial charge on any atom is 0.407 e. The quantitative estimate of drug-likeness (QED) is 0.0353. The third kappa shape index (κ3) is 24.5. The Bertz CT molecular complexity index is 4160. The SMILES string of the molecule is CC(C)(C)OC(=O)NC[C@@H]1CCCc2cc(I)ccc21.CC(C)(C)OC(=O)NC[C@@H]1CCCc2cc(NCc3ccccc3)ccc21.CC(C)(C)OC(=O)NC[C@@H]1CCCc2cc(NS(=O)(=O)c3cccc(F)c3)ccc21.NC[C@@H]1CCCc2cc(NS(=O)(=O)c3cccc(F)c3)ccc21. The smallest absolute Gasteiger partial charge is 0.407 e. The van der Waals surface area contributed by atoms with Crippen LogP contribution in [0.1, 0.15) is 187 Å². The van der Waals surface area contributed by atoms with Crippen LogP contribution >= 0.6 is 22.6 Å². The number of benzene rings is 7. The predicted octanol–water partition coefficient (Wildman–Crippen LogP) is 17.1. The lowest BCUT2D eigenvalue weighted by atomic mass is 9.82. The van der Waals surface area contributed by atoms with Crippen LogP contribution in [0.25, 0.3) is 0 Å². The van der Waals surface area contributed by atoms with Gasteiger partial charge in [-0.3, -0.25) is 9.44 Å². The van der Waals surface area contributed by atoms with E-state index in [4.69, 9.17) is 19.9 Å². The van der Waals surface area contributed by atoms with Crippen molar-refractivity contribution in [2.45, 2.75) is 196 Å². The molecule has 4 atom stereocenters. The average molecular weight is 1520 g/mol. The van der Waals surface area contributed by atoms with E-state index in [0.29, 0.717) is 55.3 Å². The molecule has 0 saturated carbocycles. The summed E-state index contributed by atoms with van der Waals surface area (Å²) in [5.74, 6) is 0.0447. The number of amides is 3. The summed E-state index contributed by atoms with van der Waals surface area (Å²) in [6.45, 7) is 19.9. The van der Waals surface area contributed by atoms with E-state index in [2.05, 4.69) is 114 Å². The van der Waals surface area contributed by atoms with Crippen LogP contribution in [0.5, 0.6) is 0 Å². The summed E-state index contributed by atoms with van der Waals surface area (Å²) < 4.78 is 98.6. The van der Waals surface area contributed by atoms with Crippen molar-refractivity contribution in [3.05, 3.63) is 217 Å². The number of hydrogen-bond acceptors (Lipinski definition) is 12. The molecule has 0 aliphatic heterocycles. The second kappa shape index (κ2) is 35.2. The molecule has 7 aromatic rings. The fraction of sp³-hybridized carbons (Fsp3) is 0.423. The number of hydrogen-bond donors (Lipinski definition) is 7. The van der Waals surface area contributed by atoms with E-state index in [9.17, 15) is 40.0 Å². The van der Waals surface area contributed by atoms with Gasteiger partial charge in [0, 0.05) is 64.6 Å². The first kappa shape index (κ1) is 77.9. The van der Waals surface area contributed by atoms with Gasteiger partial charge in [0.15, 0.2) is 0 Å². The fourth-order valence-corrected chi connectivity index (χ4v) is 15.5. The van der Waals surface area contributed by atoms with Crippen LogP contribution in [0, 0.1) is 15.2 Å². The molecule has 4 aliphatic carbocycles. The van der Waals surface area contributed by atoms with Crippen molar-refractivity contribution in [2.75, 3.05) is 40.9 Å². The van der Waals surface area contributed by atoms with Crippen molar-refractivity contribution < 1.29 is 54.2 Å². The van der Waals surface area contributed by atoms with E-state index in [1.165, 1.54) is 79.8 Å². The second-order valence-electron chi connectivity index (χ2n) is 28.8. The third-order valence-corrected chi connectivity index (χ3v) is 20.7. The Kier molecular flexibility index (Phi) is 27.4. The number of alkyl carbamates (subject to hydrolysis) is 3. The van der Waals surface area contributed by atoms with Crippen molar-refractivity contribution in [3.63, 3.8) is 0 Å². The first-order valence-electron chi connectivity index (χ1n) is 34.4. The van der Waals surface area contributed by atoms with Gasteiger partial charge in [-0.1, -0.05) is 66.7 Å². The minimum absolute atomic E-state index is 0.0879. The Balaban J connectivity index is 0.000000171. The van der Waals surface area contributed by atoms with Crippen molar-refractivity contribution in [1.29, 1.82) is 0 Å². The number of nitrogens with one attached hydrogen (secondary N) is 6. The molecule has 22 heteroatoms. The Hall–Kier alpha value is -7.80. The first-order chi connectivity index (χ1) is 47.3. The van der Waals surface area contributed by atoms with Crippen LogP contribution in [0.3, 0.4) is 0 Å². The number of nitrogens with two attached hydrogens (primary N) is 1. The molecule has 4 aliphatic rings. The van der Waals surface area contributed by atoms with E-state index < -0.39 is 54.6 Å². The minimum atomic E-state index is -3.88. The van der Waals surface area contributed by atoms with Crippen molar-refractivity contribution in [2.24, 2.45) is 5.73 Å². The van der Waals surface area contributed by atoms with Crippen LogP contribution in [-0.2, 0) is 66.5 Å². The van der Waals surface area contributed by atoms with Gasteiger partial charge in [-0.25, -0.2) is 40.0 Å². The molecule has 0 fully saturated rings. The zero-order chi connectivity index (χ0) is 72.4. The van der Waals surface area contributed by atoms with Crippen LogP contribution in [-0.4, -0.2) is 78.1 Å². The largest absolute Gasteiger partial charge is 0.444 e. The molecule has 0 unspecified atom stereocenters. The summed E-state index contributed by atoms with van der Waals surface area (Å²) in [6, 6.07) is 44.4. The fourth-order valence-electron chi connectivity index (χ4n) is 12.8. The van der Waals surface area contributed by atoms with Gasteiger partial charge in [0.2, 0.25) is 0 Å². The lowest BCUT2D eigenvalue weighted by Crippen LogP contribution is -2.35. The molecule has 0 heterocycles. The number of sulfonamides is 2. The van der Waals surface area contributed by atoms with Gasteiger partial charge in [-0.05, 0) is 309 Å². The lowest BCUT2D eigenvalue weighted by Gasteiger charge is -2.27. The number of ether oxygens (including phenoxy) is 3. The van der Waals surface area contributed by atoms with Gasteiger partial charge < -0.3 is 41.2 Å². The molecule has 0 saturated heterocycles.